The highest BCUT2D eigenvalue weighted by Crippen LogP contribution is 2.43. The molecule has 160 valence electrons. The summed E-state index contributed by atoms with van der Waals surface area (Å²) in [6, 6.07) is 4.86. The van der Waals surface area contributed by atoms with Crippen molar-refractivity contribution in [2.75, 3.05) is 37.6 Å². The number of hydrogen-bond acceptors (Lipinski definition) is 4. The molecule has 0 atom stereocenters. The Morgan fingerprint density at radius 2 is 1.83 bits per heavy atom. The Kier molecular flexibility index (Phi) is 6.74. The molecule has 0 aromatic carbocycles. The maximum Gasteiger partial charge on any atom is 0.252 e. The molecule has 1 aromatic heterocycles. The van der Waals surface area contributed by atoms with Gasteiger partial charge in [0.1, 0.15) is 5.82 Å². The van der Waals surface area contributed by atoms with Crippen LogP contribution in [0.5, 0.6) is 0 Å². The summed E-state index contributed by atoms with van der Waals surface area (Å²) in [6.45, 7) is 7.74. The van der Waals surface area contributed by atoms with Crippen molar-refractivity contribution in [3.8, 4) is 0 Å². The predicted octanol–water partition coefficient (Wildman–Crippen LogP) is 4.24. The predicted molar refractivity (Wildman–Crippen MR) is 118 cm³/mol. The number of amides is 1. The molecule has 0 radical (unpaired) electrons. The first-order valence-corrected chi connectivity index (χ1v) is 11.9. The average Bonchev–Trinajstić information content (AvgIpc) is 2.72. The van der Waals surface area contributed by atoms with Crippen molar-refractivity contribution in [1.29, 1.82) is 0 Å². The number of hydrogen-bond donors (Lipinski definition) is 1. The fourth-order valence-corrected chi connectivity index (χ4v) is 5.21. The van der Waals surface area contributed by atoms with Crippen LogP contribution in [0.4, 0.5) is 5.82 Å². The van der Waals surface area contributed by atoms with Crippen LogP contribution >= 0.6 is 0 Å². The topological polar surface area (TPSA) is 48.5 Å². The Bertz CT molecular complexity index is 652. The second-order valence-electron chi connectivity index (χ2n) is 9.48. The minimum Gasteiger partial charge on any atom is -0.357 e. The van der Waals surface area contributed by atoms with E-state index in [1.807, 2.05) is 12.1 Å². The SMILES string of the molecule is CCCCCNC(=O)c1ccc(N2CCC3(CC2)CCN(C2CCC2)CC3)nc1. The fourth-order valence-electron chi connectivity index (χ4n) is 5.21. The summed E-state index contributed by atoms with van der Waals surface area (Å²) in [4.78, 5) is 22.0. The molecule has 0 unspecified atom stereocenters. The Hall–Kier alpha value is -1.62. The van der Waals surface area contributed by atoms with Crippen molar-refractivity contribution in [3.63, 3.8) is 0 Å². The zero-order chi connectivity index (χ0) is 20.1. The summed E-state index contributed by atoms with van der Waals surface area (Å²) in [5, 5.41) is 2.99. The van der Waals surface area contributed by atoms with Gasteiger partial charge in [-0.25, -0.2) is 4.98 Å². The van der Waals surface area contributed by atoms with E-state index in [4.69, 9.17) is 0 Å². The van der Waals surface area contributed by atoms with Crippen LogP contribution in [0.1, 0.15) is 81.5 Å². The van der Waals surface area contributed by atoms with Gasteiger partial charge in [0.15, 0.2) is 0 Å². The van der Waals surface area contributed by atoms with Crippen LogP contribution in [-0.2, 0) is 0 Å². The molecule has 1 saturated carbocycles. The van der Waals surface area contributed by atoms with Crippen LogP contribution in [0.25, 0.3) is 0 Å². The number of nitrogens with one attached hydrogen (secondary N) is 1. The van der Waals surface area contributed by atoms with E-state index in [2.05, 4.69) is 27.0 Å². The quantitative estimate of drug-likeness (QED) is 0.698. The number of pyridine rings is 1. The van der Waals surface area contributed by atoms with E-state index in [0.717, 1.165) is 44.3 Å². The minimum absolute atomic E-state index is 0.00373. The lowest BCUT2D eigenvalue weighted by molar-refractivity contribution is 0.0305. The third-order valence-electron chi connectivity index (χ3n) is 7.67. The summed E-state index contributed by atoms with van der Waals surface area (Å²) < 4.78 is 0. The Balaban J connectivity index is 1.24. The van der Waals surface area contributed by atoms with E-state index >= 15 is 0 Å². The van der Waals surface area contributed by atoms with Crippen molar-refractivity contribution in [2.45, 2.75) is 77.2 Å². The van der Waals surface area contributed by atoms with Crippen LogP contribution in [0, 0.1) is 5.41 Å². The maximum atomic E-state index is 12.2. The number of piperidine rings is 2. The van der Waals surface area contributed by atoms with Gasteiger partial charge in [-0.2, -0.15) is 0 Å². The highest BCUT2D eigenvalue weighted by atomic mass is 16.1. The van der Waals surface area contributed by atoms with Gasteiger partial charge in [-0.3, -0.25) is 4.79 Å². The van der Waals surface area contributed by atoms with Crippen LogP contribution in [-0.4, -0.2) is 54.6 Å². The van der Waals surface area contributed by atoms with E-state index in [-0.39, 0.29) is 5.91 Å². The number of carbonyl (C=O) groups is 1. The van der Waals surface area contributed by atoms with Gasteiger partial charge in [0.25, 0.3) is 5.91 Å². The van der Waals surface area contributed by atoms with Crippen molar-refractivity contribution < 1.29 is 4.79 Å². The summed E-state index contributed by atoms with van der Waals surface area (Å²) >= 11 is 0. The number of rotatable bonds is 7. The first kappa shape index (κ1) is 20.6. The Morgan fingerprint density at radius 3 is 2.41 bits per heavy atom. The molecule has 1 amide bonds. The molecule has 1 N–H and O–H groups in total. The Labute approximate surface area is 176 Å². The molecule has 0 bridgehead atoms. The molecular weight excluding hydrogens is 360 g/mol. The third kappa shape index (κ3) is 4.93. The van der Waals surface area contributed by atoms with Crippen molar-refractivity contribution >= 4 is 11.7 Å². The number of nitrogens with zero attached hydrogens (tertiary/aromatic N) is 3. The molecule has 1 aromatic rings. The molecule has 3 heterocycles. The highest BCUT2D eigenvalue weighted by molar-refractivity contribution is 5.94. The molecule has 1 aliphatic carbocycles. The minimum atomic E-state index is -0.00373. The lowest BCUT2D eigenvalue weighted by Gasteiger charge is -2.50. The van der Waals surface area contributed by atoms with E-state index in [0.29, 0.717) is 11.0 Å². The van der Waals surface area contributed by atoms with E-state index < -0.39 is 0 Å². The molecule has 29 heavy (non-hydrogen) atoms. The van der Waals surface area contributed by atoms with E-state index in [1.165, 1.54) is 64.5 Å². The van der Waals surface area contributed by atoms with Crippen LogP contribution in [0.15, 0.2) is 18.3 Å². The molecule has 3 fully saturated rings. The van der Waals surface area contributed by atoms with Crippen LogP contribution in [0.3, 0.4) is 0 Å². The smallest absolute Gasteiger partial charge is 0.252 e. The molecule has 5 nitrogen and oxygen atoms in total. The summed E-state index contributed by atoms with van der Waals surface area (Å²) in [6.07, 6.45) is 14.7. The lowest BCUT2D eigenvalue weighted by atomic mass is 9.70. The van der Waals surface area contributed by atoms with Gasteiger partial charge in [-0.15, -0.1) is 0 Å². The first-order valence-electron chi connectivity index (χ1n) is 11.9. The molecule has 2 saturated heterocycles. The summed E-state index contributed by atoms with van der Waals surface area (Å²) in [5.41, 5.74) is 1.23. The maximum absolute atomic E-state index is 12.2. The van der Waals surface area contributed by atoms with E-state index in [9.17, 15) is 4.79 Å². The molecule has 3 aliphatic rings. The number of unbranched alkanes of at least 4 members (excludes halogenated alkanes) is 2. The molecular formula is C24H38N4O. The first-order chi connectivity index (χ1) is 14.2. The normalized spacial score (nSPS) is 22.4. The van der Waals surface area contributed by atoms with Gasteiger partial charge in [0.2, 0.25) is 0 Å². The largest absolute Gasteiger partial charge is 0.357 e. The van der Waals surface area contributed by atoms with Gasteiger partial charge in [-0.05, 0) is 75.6 Å². The van der Waals surface area contributed by atoms with Crippen LogP contribution < -0.4 is 10.2 Å². The molecule has 5 heteroatoms. The third-order valence-corrected chi connectivity index (χ3v) is 7.67. The van der Waals surface area contributed by atoms with Crippen LogP contribution in [0.2, 0.25) is 0 Å². The average molecular weight is 399 g/mol. The number of anilines is 1. The Morgan fingerprint density at radius 1 is 1.10 bits per heavy atom. The zero-order valence-electron chi connectivity index (χ0n) is 18.2. The zero-order valence-corrected chi connectivity index (χ0v) is 18.2. The van der Waals surface area contributed by atoms with Gasteiger partial charge in [0.05, 0.1) is 5.56 Å². The standard InChI is InChI=1S/C24H38N4O/c1-2-3-4-14-25-23(29)20-8-9-22(26-19-20)28-17-12-24(13-18-28)10-15-27(16-11-24)21-6-5-7-21/h8-9,19,21H,2-7,10-18H2,1H3,(H,25,29). The monoisotopic (exact) mass is 398 g/mol. The van der Waals surface area contributed by atoms with Gasteiger partial charge >= 0.3 is 0 Å². The summed E-state index contributed by atoms with van der Waals surface area (Å²) in [5.74, 6) is 1.02. The van der Waals surface area contributed by atoms with Crippen molar-refractivity contribution in [1.82, 2.24) is 15.2 Å². The molecule has 2 aliphatic heterocycles. The molecule has 4 rings (SSSR count). The molecule has 1 spiro atoms. The highest BCUT2D eigenvalue weighted by Gasteiger charge is 2.39. The summed E-state index contributed by atoms with van der Waals surface area (Å²) in [7, 11) is 0. The number of carbonyl (C=O) groups excluding carboxylic acids is 1. The van der Waals surface area contributed by atoms with Gasteiger partial charge < -0.3 is 15.1 Å². The van der Waals surface area contributed by atoms with E-state index in [1.54, 1.807) is 6.20 Å². The van der Waals surface area contributed by atoms with Gasteiger partial charge in [-0.1, -0.05) is 26.2 Å². The lowest BCUT2D eigenvalue weighted by Crippen LogP contribution is -2.51. The number of aromatic nitrogens is 1. The van der Waals surface area contributed by atoms with Crippen molar-refractivity contribution in [2.24, 2.45) is 5.41 Å². The fraction of sp³-hybridized carbons (Fsp3) is 0.750. The second kappa shape index (κ2) is 9.46. The van der Waals surface area contributed by atoms with Gasteiger partial charge in [0, 0.05) is 31.9 Å². The number of likely N-dealkylation sites (tertiary alicyclic amines) is 1. The van der Waals surface area contributed by atoms with Crippen molar-refractivity contribution in [3.05, 3.63) is 23.9 Å². The second-order valence-corrected chi connectivity index (χ2v) is 9.48.